The standard InChI is InChI=1S/C18H21N6O3/c1-18(2,3)27-17(26)20-11-15(25)21-14-10-9-13(16(19)22-14)24-23-12-7-5-4-6-8-12/h4-7,9-10H,11H2,1-3H3,(H,20,26)(H3,19,21,22,25)/b24-23+. The molecule has 0 aliphatic heterocycles. The lowest BCUT2D eigenvalue weighted by atomic mass is 10.2. The van der Waals surface area contributed by atoms with Gasteiger partial charge in [0.15, 0.2) is 5.82 Å². The van der Waals surface area contributed by atoms with Gasteiger partial charge in [0.2, 0.25) is 5.91 Å². The molecule has 27 heavy (non-hydrogen) atoms. The van der Waals surface area contributed by atoms with Crippen molar-refractivity contribution < 1.29 is 14.3 Å². The van der Waals surface area contributed by atoms with Gasteiger partial charge in [-0.15, -0.1) is 10.2 Å². The second-order valence-electron chi connectivity index (χ2n) is 6.45. The fourth-order valence-electron chi connectivity index (χ4n) is 1.83. The molecule has 0 unspecified atom stereocenters. The number of hydrogen-bond donors (Lipinski definition) is 3. The third-order valence-electron chi connectivity index (χ3n) is 2.92. The van der Waals surface area contributed by atoms with Crippen LogP contribution in [0.5, 0.6) is 0 Å². The molecule has 2 rings (SSSR count). The third-order valence-corrected chi connectivity index (χ3v) is 2.92. The zero-order valence-electron chi connectivity index (χ0n) is 15.3. The van der Waals surface area contributed by atoms with Crippen molar-refractivity contribution in [2.24, 2.45) is 10.2 Å². The molecule has 9 heteroatoms. The summed E-state index contributed by atoms with van der Waals surface area (Å²) in [6.45, 7) is 4.93. The molecule has 0 fully saturated rings. The first kappa shape index (κ1) is 19.8. The third kappa shape index (κ3) is 7.10. The zero-order valence-corrected chi connectivity index (χ0v) is 15.3. The maximum absolute atomic E-state index is 11.9. The van der Waals surface area contributed by atoms with Gasteiger partial charge in [-0.3, -0.25) is 4.79 Å². The Morgan fingerprint density at radius 3 is 2.63 bits per heavy atom. The van der Waals surface area contributed by atoms with Crippen molar-refractivity contribution in [3.05, 3.63) is 42.5 Å². The summed E-state index contributed by atoms with van der Waals surface area (Å²) in [5.74, 6) is -0.137. The first-order chi connectivity index (χ1) is 12.7. The van der Waals surface area contributed by atoms with Gasteiger partial charge in [0.05, 0.1) is 5.69 Å². The smallest absolute Gasteiger partial charge is 0.408 e. The molecule has 141 valence electrons. The topological polar surface area (TPSA) is 131 Å². The molecule has 0 aliphatic rings. The number of alkyl carbamates (subject to hydrolysis) is 1. The van der Waals surface area contributed by atoms with E-state index in [0.29, 0.717) is 11.4 Å². The van der Waals surface area contributed by atoms with Gasteiger partial charge in [-0.05, 0) is 39.0 Å². The lowest BCUT2D eigenvalue weighted by Crippen LogP contribution is -2.37. The molecule has 1 aromatic carbocycles. The normalized spacial score (nSPS) is 11.2. The van der Waals surface area contributed by atoms with Gasteiger partial charge in [-0.25, -0.2) is 9.78 Å². The van der Waals surface area contributed by atoms with E-state index in [9.17, 15) is 9.59 Å². The van der Waals surface area contributed by atoms with Crippen molar-refractivity contribution >= 4 is 35.0 Å². The Morgan fingerprint density at radius 2 is 2.00 bits per heavy atom. The van der Waals surface area contributed by atoms with Crippen molar-refractivity contribution in [2.75, 3.05) is 17.6 Å². The quantitative estimate of drug-likeness (QED) is 0.696. The van der Waals surface area contributed by atoms with E-state index in [1.807, 2.05) is 12.1 Å². The number of nitrogens with one attached hydrogen (secondary N) is 2. The van der Waals surface area contributed by atoms with Crippen molar-refractivity contribution in [1.82, 2.24) is 10.3 Å². The molecule has 1 radical (unpaired) electrons. The van der Waals surface area contributed by atoms with Gasteiger partial charge in [-0.1, -0.05) is 18.2 Å². The number of carbonyl (C=O) groups is 2. The van der Waals surface area contributed by atoms with Crippen LogP contribution in [0.4, 0.5) is 27.8 Å². The maximum atomic E-state index is 11.9. The van der Waals surface area contributed by atoms with Crippen molar-refractivity contribution in [3.8, 4) is 0 Å². The monoisotopic (exact) mass is 369 g/mol. The second-order valence-corrected chi connectivity index (χ2v) is 6.45. The van der Waals surface area contributed by atoms with E-state index in [2.05, 4.69) is 31.9 Å². The number of benzene rings is 1. The van der Waals surface area contributed by atoms with Crippen molar-refractivity contribution in [2.45, 2.75) is 26.4 Å². The molecular formula is C18H21N6O3. The summed E-state index contributed by atoms with van der Waals surface area (Å²) in [5, 5.41) is 12.9. The minimum Gasteiger partial charge on any atom is -0.444 e. The number of nitrogen functional groups attached to an aromatic ring is 1. The number of aromatic nitrogens is 1. The fraction of sp³-hybridized carbons (Fsp3) is 0.278. The van der Waals surface area contributed by atoms with E-state index >= 15 is 0 Å². The van der Waals surface area contributed by atoms with Crippen LogP contribution in [-0.2, 0) is 9.53 Å². The summed E-state index contributed by atoms with van der Waals surface area (Å²) in [5.41, 5.74) is 6.11. The Bertz CT molecular complexity index is 831. The highest BCUT2D eigenvalue weighted by atomic mass is 16.6. The maximum Gasteiger partial charge on any atom is 0.408 e. The van der Waals surface area contributed by atoms with E-state index in [1.165, 1.54) is 6.07 Å². The van der Waals surface area contributed by atoms with E-state index in [0.717, 1.165) is 0 Å². The number of ether oxygens (including phenoxy) is 1. The SMILES string of the molecule is CC(C)(C)OC(=O)NCC(=O)Nc1ccc(/N=N/c2[c]cccc2)c(N)n1. The molecule has 0 atom stereocenters. The predicted octanol–water partition coefficient (Wildman–Crippen LogP) is 3.34. The van der Waals surface area contributed by atoms with Crippen LogP contribution in [0.3, 0.4) is 0 Å². The van der Waals surface area contributed by atoms with E-state index in [-0.39, 0.29) is 18.2 Å². The highest BCUT2D eigenvalue weighted by Crippen LogP contribution is 2.24. The van der Waals surface area contributed by atoms with E-state index in [1.54, 1.807) is 39.0 Å². The Hall–Kier alpha value is -3.49. The molecule has 0 spiro atoms. The molecule has 0 saturated heterocycles. The summed E-state index contributed by atoms with van der Waals surface area (Å²) in [4.78, 5) is 27.5. The largest absolute Gasteiger partial charge is 0.444 e. The zero-order chi connectivity index (χ0) is 19.9. The Labute approximate surface area is 157 Å². The molecule has 1 aromatic heterocycles. The molecule has 9 nitrogen and oxygen atoms in total. The fourth-order valence-corrected chi connectivity index (χ4v) is 1.83. The van der Waals surface area contributed by atoms with Crippen LogP contribution < -0.4 is 16.4 Å². The average Bonchev–Trinajstić information content (AvgIpc) is 2.59. The molecule has 2 amide bonds. The number of pyridine rings is 1. The van der Waals surface area contributed by atoms with Crippen molar-refractivity contribution in [1.29, 1.82) is 0 Å². The summed E-state index contributed by atoms with van der Waals surface area (Å²) in [6.07, 6.45) is -0.682. The minimum atomic E-state index is -0.682. The summed E-state index contributed by atoms with van der Waals surface area (Å²) < 4.78 is 5.05. The van der Waals surface area contributed by atoms with E-state index in [4.69, 9.17) is 10.5 Å². The van der Waals surface area contributed by atoms with Gasteiger partial charge in [0.25, 0.3) is 0 Å². The number of hydrogen-bond acceptors (Lipinski definition) is 7. The first-order valence-corrected chi connectivity index (χ1v) is 8.14. The number of carbonyl (C=O) groups excluding carboxylic acids is 2. The van der Waals surface area contributed by atoms with E-state index < -0.39 is 17.6 Å². The Balaban J connectivity index is 1.90. The van der Waals surface area contributed by atoms with Crippen LogP contribution in [0.2, 0.25) is 0 Å². The molecular weight excluding hydrogens is 348 g/mol. The number of rotatable bonds is 5. The van der Waals surface area contributed by atoms with Crippen molar-refractivity contribution in [3.63, 3.8) is 0 Å². The van der Waals surface area contributed by atoms with Crippen LogP contribution in [0.25, 0.3) is 0 Å². The van der Waals surface area contributed by atoms with Crippen LogP contribution in [0, 0.1) is 6.07 Å². The molecule has 4 N–H and O–H groups in total. The molecule has 1 heterocycles. The highest BCUT2D eigenvalue weighted by molar-refractivity contribution is 5.93. The molecule has 2 aromatic rings. The van der Waals surface area contributed by atoms with Gasteiger partial charge in [0.1, 0.15) is 23.7 Å². The van der Waals surface area contributed by atoms with Gasteiger partial charge >= 0.3 is 6.09 Å². The lowest BCUT2D eigenvalue weighted by molar-refractivity contribution is -0.115. The number of nitrogens with two attached hydrogens (primary N) is 1. The highest BCUT2D eigenvalue weighted by Gasteiger charge is 2.16. The number of amides is 2. The van der Waals surface area contributed by atoms with Crippen LogP contribution >= 0.6 is 0 Å². The predicted molar refractivity (Wildman–Crippen MR) is 101 cm³/mol. The van der Waals surface area contributed by atoms with Gasteiger partial charge in [-0.2, -0.15) is 0 Å². The molecule has 0 aliphatic carbocycles. The average molecular weight is 369 g/mol. The second kappa shape index (κ2) is 8.75. The summed E-state index contributed by atoms with van der Waals surface area (Å²) in [6, 6.07) is 13.1. The first-order valence-electron chi connectivity index (χ1n) is 8.14. The Morgan fingerprint density at radius 1 is 1.22 bits per heavy atom. The van der Waals surface area contributed by atoms with Crippen LogP contribution in [0.1, 0.15) is 20.8 Å². The number of anilines is 2. The number of nitrogens with zero attached hydrogens (tertiary/aromatic N) is 3. The minimum absolute atomic E-state index is 0.104. The summed E-state index contributed by atoms with van der Waals surface area (Å²) in [7, 11) is 0. The molecule has 0 saturated carbocycles. The molecule has 0 bridgehead atoms. The Kier molecular flexibility index (Phi) is 6.42. The van der Waals surface area contributed by atoms with Gasteiger partial charge in [0, 0.05) is 6.07 Å². The lowest BCUT2D eigenvalue weighted by Gasteiger charge is -2.19. The summed E-state index contributed by atoms with van der Waals surface area (Å²) >= 11 is 0. The number of azo groups is 1. The van der Waals surface area contributed by atoms with Gasteiger partial charge < -0.3 is 21.1 Å². The van der Waals surface area contributed by atoms with Crippen LogP contribution in [-0.4, -0.2) is 29.1 Å². The van der Waals surface area contributed by atoms with Crippen LogP contribution in [0.15, 0.2) is 46.6 Å².